The van der Waals surface area contributed by atoms with Crippen LogP contribution in [0.2, 0.25) is 0 Å². The fourth-order valence-corrected chi connectivity index (χ4v) is 1.56. The van der Waals surface area contributed by atoms with Crippen molar-refractivity contribution in [3.63, 3.8) is 0 Å². The first-order chi connectivity index (χ1) is 7.56. The number of carboxylic acids is 1. The molecule has 0 heterocycles. The number of carbonyl (C=O) groups is 1. The molecule has 4 heteroatoms. The molecular weight excluding hydrogens is 208 g/mol. The normalized spacial score (nSPS) is 14.4. The second-order valence-electron chi connectivity index (χ2n) is 3.59. The van der Waals surface area contributed by atoms with E-state index in [2.05, 4.69) is 0 Å². The maximum Gasteiger partial charge on any atom is 0.333 e. The Bertz CT molecular complexity index is 345. The molecular formula is C12H16O4. The molecule has 4 nitrogen and oxygen atoms in total. The van der Waals surface area contributed by atoms with E-state index in [9.17, 15) is 4.79 Å². The van der Waals surface area contributed by atoms with Gasteiger partial charge in [0.2, 0.25) is 0 Å². The second kappa shape index (κ2) is 5.51. The van der Waals surface area contributed by atoms with Crippen molar-refractivity contribution in [1.82, 2.24) is 0 Å². The Balaban J connectivity index is 2.85. The van der Waals surface area contributed by atoms with E-state index >= 15 is 0 Å². The number of phenolic OH excluding ortho intramolecular Hbond substituents is 1. The van der Waals surface area contributed by atoms with E-state index in [0.717, 1.165) is 5.56 Å². The lowest BCUT2D eigenvalue weighted by Gasteiger charge is -2.20. The monoisotopic (exact) mass is 224 g/mol. The predicted octanol–water partition coefficient (Wildman–Crippen LogP) is 1.99. The molecule has 0 saturated carbocycles. The molecule has 0 saturated heterocycles. The number of carboxylic acid groups (broad SMARTS) is 1. The summed E-state index contributed by atoms with van der Waals surface area (Å²) in [5.74, 6) is -1.06. The highest BCUT2D eigenvalue weighted by atomic mass is 16.5. The highest BCUT2D eigenvalue weighted by molar-refractivity contribution is 5.73. The lowest BCUT2D eigenvalue weighted by molar-refractivity contribution is -0.151. The molecule has 0 spiro atoms. The Morgan fingerprint density at radius 3 is 2.38 bits per heavy atom. The van der Waals surface area contributed by atoms with E-state index in [-0.39, 0.29) is 11.7 Å². The Labute approximate surface area is 94.5 Å². The maximum absolute atomic E-state index is 11.0. The molecule has 0 bridgehead atoms. The van der Waals surface area contributed by atoms with Crippen molar-refractivity contribution in [3.8, 4) is 5.75 Å². The number of aliphatic carboxylic acids is 1. The Morgan fingerprint density at radius 1 is 1.38 bits per heavy atom. The zero-order valence-electron chi connectivity index (χ0n) is 9.38. The summed E-state index contributed by atoms with van der Waals surface area (Å²) >= 11 is 0. The van der Waals surface area contributed by atoms with Gasteiger partial charge in [-0.2, -0.15) is 0 Å². The van der Waals surface area contributed by atoms with Crippen LogP contribution < -0.4 is 0 Å². The third-order valence-electron chi connectivity index (χ3n) is 2.46. The minimum absolute atomic E-state index is 0.166. The van der Waals surface area contributed by atoms with Crippen molar-refractivity contribution in [3.05, 3.63) is 29.8 Å². The van der Waals surface area contributed by atoms with Crippen molar-refractivity contribution in [2.75, 3.05) is 6.61 Å². The van der Waals surface area contributed by atoms with Gasteiger partial charge >= 0.3 is 5.97 Å². The average Bonchev–Trinajstić information content (AvgIpc) is 2.25. The Morgan fingerprint density at radius 2 is 1.94 bits per heavy atom. The summed E-state index contributed by atoms with van der Waals surface area (Å²) in [5, 5.41) is 18.2. The van der Waals surface area contributed by atoms with Gasteiger partial charge in [-0.15, -0.1) is 0 Å². The quantitative estimate of drug-likeness (QED) is 0.802. The molecule has 0 aliphatic rings. The summed E-state index contributed by atoms with van der Waals surface area (Å²) < 4.78 is 5.19. The standard InChI is InChI=1S/C12H16O4/c1-3-16-11(12(14)15)8(2)9-4-6-10(13)7-5-9/h4-8,11,13H,3H2,1-2H3,(H,14,15). The van der Waals surface area contributed by atoms with Gasteiger partial charge < -0.3 is 14.9 Å². The average molecular weight is 224 g/mol. The van der Waals surface area contributed by atoms with E-state index in [1.54, 1.807) is 26.0 Å². The topological polar surface area (TPSA) is 66.8 Å². The number of hydrogen-bond donors (Lipinski definition) is 2. The molecule has 0 fully saturated rings. The molecule has 2 unspecified atom stereocenters. The molecule has 1 aromatic carbocycles. The first-order valence-corrected chi connectivity index (χ1v) is 5.19. The molecule has 1 aromatic rings. The van der Waals surface area contributed by atoms with Gasteiger partial charge in [0.15, 0.2) is 6.10 Å². The van der Waals surface area contributed by atoms with E-state index in [4.69, 9.17) is 14.9 Å². The van der Waals surface area contributed by atoms with Gasteiger partial charge in [-0.25, -0.2) is 4.79 Å². The van der Waals surface area contributed by atoms with Crippen LogP contribution in [-0.4, -0.2) is 28.9 Å². The maximum atomic E-state index is 11.0. The van der Waals surface area contributed by atoms with Gasteiger partial charge in [-0.3, -0.25) is 0 Å². The second-order valence-corrected chi connectivity index (χ2v) is 3.59. The Kier molecular flexibility index (Phi) is 4.31. The first kappa shape index (κ1) is 12.5. The number of phenols is 1. The number of aromatic hydroxyl groups is 1. The fourth-order valence-electron chi connectivity index (χ4n) is 1.56. The van der Waals surface area contributed by atoms with Crippen LogP contribution in [0.4, 0.5) is 0 Å². The van der Waals surface area contributed by atoms with E-state index in [1.807, 2.05) is 0 Å². The summed E-state index contributed by atoms with van der Waals surface area (Å²) in [7, 11) is 0. The van der Waals surface area contributed by atoms with Crippen LogP contribution in [0.15, 0.2) is 24.3 Å². The molecule has 2 N–H and O–H groups in total. The summed E-state index contributed by atoms with van der Waals surface area (Å²) in [6.07, 6.45) is -0.852. The minimum Gasteiger partial charge on any atom is -0.508 e. The van der Waals surface area contributed by atoms with Crippen LogP contribution in [0, 0.1) is 0 Å². The van der Waals surface area contributed by atoms with Crippen LogP contribution >= 0.6 is 0 Å². The number of rotatable bonds is 5. The lowest BCUT2D eigenvalue weighted by atomic mass is 9.95. The third-order valence-corrected chi connectivity index (χ3v) is 2.46. The lowest BCUT2D eigenvalue weighted by Crippen LogP contribution is -2.29. The van der Waals surface area contributed by atoms with E-state index in [1.165, 1.54) is 12.1 Å². The molecule has 1 rings (SSSR count). The number of ether oxygens (including phenoxy) is 1. The zero-order valence-corrected chi connectivity index (χ0v) is 9.38. The molecule has 2 atom stereocenters. The third kappa shape index (κ3) is 2.97. The zero-order chi connectivity index (χ0) is 12.1. The van der Waals surface area contributed by atoms with Crippen LogP contribution in [0.3, 0.4) is 0 Å². The van der Waals surface area contributed by atoms with Gasteiger partial charge in [0.25, 0.3) is 0 Å². The fraction of sp³-hybridized carbons (Fsp3) is 0.417. The van der Waals surface area contributed by atoms with Crippen LogP contribution in [0.25, 0.3) is 0 Å². The largest absolute Gasteiger partial charge is 0.508 e. The predicted molar refractivity (Wildman–Crippen MR) is 59.6 cm³/mol. The van der Waals surface area contributed by atoms with Crippen molar-refractivity contribution in [2.45, 2.75) is 25.9 Å². The van der Waals surface area contributed by atoms with Gasteiger partial charge in [0, 0.05) is 12.5 Å². The summed E-state index contributed by atoms with van der Waals surface area (Å²) in [6.45, 7) is 3.92. The number of hydrogen-bond acceptors (Lipinski definition) is 3. The first-order valence-electron chi connectivity index (χ1n) is 5.19. The molecule has 0 aliphatic heterocycles. The van der Waals surface area contributed by atoms with Crippen molar-refractivity contribution >= 4 is 5.97 Å². The summed E-state index contributed by atoms with van der Waals surface area (Å²) in [5.41, 5.74) is 0.832. The molecule has 0 amide bonds. The molecule has 0 radical (unpaired) electrons. The van der Waals surface area contributed by atoms with Gasteiger partial charge in [-0.05, 0) is 24.6 Å². The molecule has 16 heavy (non-hydrogen) atoms. The van der Waals surface area contributed by atoms with Crippen molar-refractivity contribution in [1.29, 1.82) is 0 Å². The molecule has 0 aliphatic carbocycles. The van der Waals surface area contributed by atoms with E-state index in [0.29, 0.717) is 6.61 Å². The highest BCUT2D eigenvalue weighted by Crippen LogP contribution is 2.23. The molecule has 88 valence electrons. The molecule has 0 aromatic heterocycles. The van der Waals surface area contributed by atoms with Crippen LogP contribution in [0.1, 0.15) is 25.3 Å². The Hall–Kier alpha value is -1.55. The van der Waals surface area contributed by atoms with Crippen molar-refractivity contribution < 1.29 is 19.7 Å². The highest BCUT2D eigenvalue weighted by Gasteiger charge is 2.26. The summed E-state index contributed by atoms with van der Waals surface area (Å²) in [6, 6.07) is 6.48. The van der Waals surface area contributed by atoms with Gasteiger partial charge in [0.05, 0.1) is 0 Å². The number of benzene rings is 1. The minimum atomic E-state index is -0.970. The smallest absolute Gasteiger partial charge is 0.333 e. The van der Waals surface area contributed by atoms with Crippen LogP contribution in [-0.2, 0) is 9.53 Å². The van der Waals surface area contributed by atoms with Crippen LogP contribution in [0.5, 0.6) is 5.75 Å². The van der Waals surface area contributed by atoms with E-state index < -0.39 is 12.1 Å². The summed E-state index contributed by atoms with van der Waals surface area (Å²) in [4.78, 5) is 11.0. The SMILES string of the molecule is CCOC(C(=O)O)C(C)c1ccc(O)cc1. The van der Waals surface area contributed by atoms with Crippen molar-refractivity contribution in [2.24, 2.45) is 0 Å². The van der Waals surface area contributed by atoms with Gasteiger partial charge in [-0.1, -0.05) is 19.1 Å². The van der Waals surface area contributed by atoms with Gasteiger partial charge in [0.1, 0.15) is 5.75 Å².